The molecule has 3 rings (SSSR count). The SMILES string of the molecule is C=Cc1c(Cl)cc(OC)c(C)c1NC(=O)C1CC(=O)N(C2CCCCC2)C1. The fraction of sp³-hybridized carbons (Fsp3) is 0.524. The van der Waals surface area contributed by atoms with E-state index in [4.69, 9.17) is 16.3 Å². The van der Waals surface area contributed by atoms with Crippen LogP contribution < -0.4 is 10.1 Å². The Hall–Kier alpha value is -2.01. The van der Waals surface area contributed by atoms with Crippen LogP contribution in [0.3, 0.4) is 0 Å². The lowest BCUT2D eigenvalue weighted by Gasteiger charge is -2.31. The maximum absolute atomic E-state index is 12.9. The van der Waals surface area contributed by atoms with Crippen LogP contribution in [0.15, 0.2) is 12.6 Å². The molecular formula is C21H27ClN2O3. The van der Waals surface area contributed by atoms with E-state index in [0.29, 0.717) is 34.6 Å². The highest BCUT2D eigenvalue weighted by atomic mass is 35.5. The summed E-state index contributed by atoms with van der Waals surface area (Å²) >= 11 is 6.31. The molecule has 2 aliphatic rings. The molecule has 1 atom stereocenters. The summed E-state index contributed by atoms with van der Waals surface area (Å²) in [6.07, 6.45) is 7.55. The number of anilines is 1. The van der Waals surface area contributed by atoms with Crippen molar-refractivity contribution >= 4 is 35.2 Å². The first-order chi connectivity index (χ1) is 13.0. The molecule has 146 valence electrons. The molecule has 1 unspecified atom stereocenters. The van der Waals surface area contributed by atoms with Gasteiger partial charge in [0.2, 0.25) is 11.8 Å². The number of methoxy groups -OCH3 is 1. The highest BCUT2D eigenvalue weighted by molar-refractivity contribution is 6.33. The van der Waals surface area contributed by atoms with Crippen molar-refractivity contribution in [3.05, 3.63) is 28.8 Å². The van der Waals surface area contributed by atoms with Crippen LogP contribution in [0, 0.1) is 12.8 Å². The molecule has 1 saturated carbocycles. The van der Waals surface area contributed by atoms with Crippen LogP contribution >= 0.6 is 11.6 Å². The number of benzene rings is 1. The molecule has 2 fully saturated rings. The molecule has 5 nitrogen and oxygen atoms in total. The number of carbonyl (C=O) groups excluding carboxylic acids is 2. The number of ether oxygens (including phenoxy) is 1. The molecule has 2 amide bonds. The minimum Gasteiger partial charge on any atom is -0.496 e. The van der Waals surface area contributed by atoms with Gasteiger partial charge in [-0.3, -0.25) is 9.59 Å². The lowest BCUT2D eigenvalue weighted by molar-refractivity contribution is -0.130. The monoisotopic (exact) mass is 390 g/mol. The van der Waals surface area contributed by atoms with E-state index >= 15 is 0 Å². The number of amides is 2. The van der Waals surface area contributed by atoms with Gasteiger partial charge in [0, 0.05) is 30.1 Å². The van der Waals surface area contributed by atoms with Crippen LogP contribution in [0.1, 0.15) is 49.7 Å². The number of hydrogen-bond donors (Lipinski definition) is 1. The number of rotatable bonds is 5. The third-order valence-electron chi connectivity index (χ3n) is 5.75. The molecule has 1 N–H and O–H groups in total. The normalized spacial score (nSPS) is 20.6. The zero-order valence-electron chi connectivity index (χ0n) is 16.0. The lowest BCUT2D eigenvalue weighted by Crippen LogP contribution is -2.38. The van der Waals surface area contributed by atoms with Gasteiger partial charge in [-0.1, -0.05) is 43.5 Å². The molecule has 0 spiro atoms. The highest BCUT2D eigenvalue weighted by Crippen LogP contribution is 2.37. The Labute approximate surface area is 165 Å². The quantitative estimate of drug-likeness (QED) is 0.809. The Balaban J connectivity index is 1.77. The fourth-order valence-electron chi connectivity index (χ4n) is 4.20. The number of carbonyl (C=O) groups is 2. The molecule has 1 aliphatic carbocycles. The second-order valence-electron chi connectivity index (χ2n) is 7.41. The van der Waals surface area contributed by atoms with E-state index < -0.39 is 0 Å². The van der Waals surface area contributed by atoms with Crippen LogP contribution in [0.2, 0.25) is 5.02 Å². The van der Waals surface area contributed by atoms with Gasteiger partial charge in [0.1, 0.15) is 5.75 Å². The van der Waals surface area contributed by atoms with Crippen molar-refractivity contribution < 1.29 is 14.3 Å². The van der Waals surface area contributed by atoms with Crippen molar-refractivity contribution in [2.45, 2.75) is 51.5 Å². The first kappa shape index (κ1) is 19.7. The van der Waals surface area contributed by atoms with Gasteiger partial charge >= 0.3 is 0 Å². The summed E-state index contributed by atoms with van der Waals surface area (Å²) in [7, 11) is 1.57. The van der Waals surface area contributed by atoms with Gasteiger partial charge < -0.3 is 15.0 Å². The van der Waals surface area contributed by atoms with Crippen LogP contribution in [0.25, 0.3) is 6.08 Å². The summed E-state index contributed by atoms with van der Waals surface area (Å²) in [5.41, 5.74) is 2.05. The van der Waals surface area contributed by atoms with Gasteiger partial charge in [-0.25, -0.2) is 0 Å². The first-order valence-corrected chi connectivity index (χ1v) is 9.94. The summed E-state index contributed by atoms with van der Waals surface area (Å²) in [5.74, 6) is 0.192. The molecule has 1 heterocycles. The van der Waals surface area contributed by atoms with E-state index in [-0.39, 0.29) is 24.2 Å². The van der Waals surface area contributed by atoms with Crippen molar-refractivity contribution in [3.63, 3.8) is 0 Å². The van der Waals surface area contributed by atoms with E-state index in [1.54, 1.807) is 19.3 Å². The Morgan fingerprint density at radius 3 is 2.70 bits per heavy atom. The van der Waals surface area contributed by atoms with Gasteiger partial charge in [-0.2, -0.15) is 0 Å². The van der Waals surface area contributed by atoms with Crippen LogP contribution in [-0.2, 0) is 9.59 Å². The molecule has 1 aliphatic heterocycles. The molecule has 1 aromatic carbocycles. The summed E-state index contributed by atoms with van der Waals surface area (Å²) in [4.78, 5) is 27.3. The summed E-state index contributed by atoms with van der Waals surface area (Å²) in [6, 6.07) is 2.01. The van der Waals surface area contributed by atoms with Gasteiger partial charge in [-0.15, -0.1) is 0 Å². The van der Waals surface area contributed by atoms with E-state index in [2.05, 4.69) is 11.9 Å². The van der Waals surface area contributed by atoms with Crippen molar-refractivity contribution in [3.8, 4) is 5.75 Å². The molecule has 1 aromatic rings. The largest absolute Gasteiger partial charge is 0.496 e. The summed E-state index contributed by atoms with van der Waals surface area (Å²) < 4.78 is 5.35. The molecule has 1 saturated heterocycles. The van der Waals surface area contributed by atoms with E-state index in [1.807, 2.05) is 11.8 Å². The van der Waals surface area contributed by atoms with Crippen LogP contribution in [0.5, 0.6) is 5.75 Å². The average molecular weight is 391 g/mol. The highest BCUT2D eigenvalue weighted by Gasteiger charge is 2.38. The van der Waals surface area contributed by atoms with Crippen molar-refractivity contribution in [2.24, 2.45) is 5.92 Å². The first-order valence-electron chi connectivity index (χ1n) is 9.56. The smallest absolute Gasteiger partial charge is 0.229 e. The standard InChI is InChI=1S/C21H27ClN2O3/c1-4-16-17(22)11-18(27-3)13(2)20(16)23-21(26)14-10-19(25)24(12-14)15-8-6-5-7-9-15/h4,11,14-15H,1,5-10,12H2,2-3H3,(H,23,26). The number of nitrogens with one attached hydrogen (secondary N) is 1. The van der Waals surface area contributed by atoms with Gasteiger partial charge in [-0.05, 0) is 25.8 Å². The van der Waals surface area contributed by atoms with Crippen molar-refractivity contribution in [1.82, 2.24) is 4.90 Å². The zero-order chi connectivity index (χ0) is 19.6. The Bertz CT molecular complexity index is 756. The second kappa shape index (κ2) is 8.34. The minimum absolute atomic E-state index is 0.0893. The average Bonchev–Trinajstić information content (AvgIpc) is 3.07. The Morgan fingerprint density at radius 2 is 2.07 bits per heavy atom. The summed E-state index contributed by atoms with van der Waals surface area (Å²) in [5, 5.41) is 3.44. The minimum atomic E-state index is -0.346. The number of hydrogen-bond acceptors (Lipinski definition) is 3. The van der Waals surface area contributed by atoms with Crippen LogP contribution in [-0.4, -0.2) is 36.4 Å². The second-order valence-corrected chi connectivity index (χ2v) is 7.81. The molecule has 0 aromatic heterocycles. The number of halogens is 1. The zero-order valence-corrected chi connectivity index (χ0v) is 16.8. The third-order valence-corrected chi connectivity index (χ3v) is 6.06. The van der Waals surface area contributed by atoms with Gasteiger partial charge in [0.15, 0.2) is 0 Å². The lowest BCUT2D eigenvalue weighted by atomic mass is 9.94. The number of nitrogens with zero attached hydrogens (tertiary/aromatic N) is 1. The fourth-order valence-corrected chi connectivity index (χ4v) is 4.47. The topological polar surface area (TPSA) is 58.6 Å². The third kappa shape index (κ3) is 3.98. The van der Waals surface area contributed by atoms with Crippen molar-refractivity contribution in [2.75, 3.05) is 19.0 Å². The predicted molar refractivity (Wildman–Crippen MR) is 108 cm³/mol. The van der Waals surface area contributed by atoms with E-state index in [9.17, 15) is 9.59 Å². The van der Waals surface area contributed by atoms with Gasteiger partial charge in [0.25, 0.3) is 0 Å². The number of likely N-dealkylation sites (tertiary alicyclic amines) is 1. The molecule has 0 radical (unpaired) electrons. The molecule has 27 heavy (non-hydrogen) atoms. The van der Waals surface area contributed by atoms with E-state index in [1.165, 1.54) is 6.42 Å². The molecular weight excluding hydrogens is 364 g/mol. The predicted octanol–water partition coefficient (Wildman–Crippen LogP) is 4.42. The van der Waals surface area contributed by atoms with Gasteiger partial charge in [0.05, 0.1) is 23.7 Å². The maximum atomic E-state index is 12.9. The van der Waals surface area contributed by atoms with E-state index in [0.717, 1.165) is 31.2 Å². The molecule has 6 heteroatoms. The van der Waals surface area contributed by atoms with Crippen LogP contribution in [0.4, 0.5) is 5.69 Å². The molecule has 0 bridgehead atoms. The Morgan fingerprint density at radius 1 is 1.37 bits per heavy atom. The maximum Gasteiger partial charge on any atom is 0.229 e. The summed E-state index contributed by atoms with van der Waals surface area (Å²) in [6.45, 7) is 6.16. The van der Waals surface area contributed by atoms with Crippen molar-refractivity contribution in [1.29, 1.82) is 0 Å². The Kier molecular flexibility index (Phi) is 6.10.